The molecule has 0 aromatic carbocycles. The van der Waals surface area contributed by atoms with Crippen molar-refractivity contribution in [2.45, 2.75) is 81.4 Å². The zero-order valence-electron chi connectivity index (χ0n) is 37.3. The van der Waals surface area contributed by atoms with Crippen molar-refractivity contribution in [2.24, 2.45) is 17.4 Å². The summed E-state index contributed by atoms with van der Waals surface area (Å²) in [7, 11) is 0. The maximum atomic E-state index is 12.8. The average Bonchev–Trinajstić information content (AvgIpc) is 3.92. The van der Waals surface area contributed by atoms with Crippen LogP contribution in [0.2, 0.25) is 0 Å². The van der Waals surface area contributed by atoms with Gasteiger partial charge in [0.25, 0.3) is 0 Å². The van der Waals surface area contributed by atoms with Crippen LogP contribution in [-0.2, 0) is 68.6 Å². The van der Waals surface area contributed by atoms with Crippen molar-refractivity contribution in [1.82, 2.24) is 35.8 Å². The number of likely N-dealkylation sites (tertiary alicyclic amines) is 1. The fraction of sp³-hybridized carbons (Fsp3) is 0.756. The van der Waals surface area contributed by atoms with E-state index in [2.05, 4.69) is 26.3 Å². The predicted molar refractivity (Wildman–Crippen MR) is 240 cm³/mol. The largest absolute Gasteiger partial charge is 0.379 e. The molecule has 24 heteroatoms. The van der Waals surface area contributed by atoms with E-state index in [1.54, 1.807) is 4.68 Å². The van der Waals surface area contributed by atoms with Gasteiger partial charge in [-0.1, -0.05) is 5.21 Å². The van der Waals surface area contributed by atoms with E-state index in [4.69, 9.17) is 35.2 Å². The van der Waals surface area contributed by atoms with Crippen molar-refractivity contribution in [1.29, 1.82) is 0 Å². The quantitative estimate of drug-likeness (QED) is 0.0281. The minimum absolute atomic E-state index is 0.00263. The topological polar surface area (TPSA) is 305 Å². The van der Waals surface area contributed by atoms with Gasteiger partial charge in [-0.15, -0.1) is 28.6 Å². The lowest BCUT2D eigenvalue weighted by Gasteiger charge is -2.15. The molecule has 5 amide bonds. The molecule has 3 unspecified atom stereocenters. The van der Waals surface area contributed by atoms with Crippen molar-refractivity contribution in [3.8, 4) is 0 Å². The van der Waals surface area contributed by atoms with E-state index < -0.39 is 22.5 Å². The Morgan fingerprint density at radius 2 is 1.32 bits per heavy atom. The molecule has 366 valence electrons. The highest BCUT2D eigenvalue weighted by Crippen LogP contribution is 2.31. The number of Topliss-reactive ketones (excluding diaryl/α,β-unsaturated/α-hetero) is 3. The van der Waals surface area contributed by atoms with E-state index in [1.165, 1.54) is 23.5 Å². The van der Waals surface area contributed by atoms with Crippen LogP contribution in [0.1, 0.15) is 57.1 Å². The highest BCUT2D eigenvalue weighted by atomic mass is 32.2. The number of nitrogens with two attached hydrogens (primary N) is 2. The van der Waals surface area contributed by atoms with Gasteiger partial charge in [-0.2, -0.15) is 0 Å². The molecular weight excluding hydrogens is 891 g/mol. The smallest absolute Gasteiger partial charge is 0.242 e. The fourth-order valence-electron chi connectivity index (χ4n) is 6.38. The first kappa shape index (κ1) is 55.4. The van der Waals surface area contributed by atoms with Crippen LogP contribution in [-0.4, -0.2) is 194 Å². The monoisotopic (exact) mass is 957 g/mol. The van der Waals surface area contributed by atoms with Crippen LogP contribution in [0.5, 0.6) is 0 Å². The number of ketones is 3. The molecule has 4 atom stereocenters. The van der Waals surface area contributed by atoms with Crippen molar-refractivity contribution in [2.75, 3.05) is 110 Å². The van der Waals surface area contributed by atoms with Gasteiger partial charge in [0.2, 0.25) is 29.5 Å². The molecule has 0 radical (unpaired) electrons. The van der Waals surface area contributed by atoms with Gasteiger partial charge in [0.1, 0.15) is 5.78 Å². The second kappa shape index (κ2) is 32.7. The molecule has 1 aliphatic heterocycles. The van der Waals surface area contributed by atoms with Crippen LogP contribution in [0, 0.1) is 12.8 Å². The Labute approximate surface area is 388 Å². The molecule has 0 spiro atoms. The minimum Gasteiger partial charge on any atom is -0.379 e. The summed E-state index contributed by atoms with van der Waals surface area (Å²) in [5, 5.41) is 15.0. The molecule has 22 nitrogen and oxygen atoms in total. The highest BCUT2D eigenvalue weighted by Gasteiger charge is 2.41. The van der Waals surface area contributed by atoms with E-state index in [0.717, 1.165) is 10.6 Å². The third-order valence-corrected chi connectivity index (χ3v) is 12.5. The normalized spacial score (nSPS) is 17.8. The third-order valence-electron chi connectivity index (χ3n) is 9.98. The number of amides is 5. The molecular formula is C41H67N9O13S2. The van der Waals surface area contributed by atoms with E-state index in [1.807, 2.05) is 13.1 Å². The second-order valence-corrected chi connectivity index (χ2v) is 17.7. The summed E-state index contributed by atoms with van der Waals surface area (Å²) in [5.74, 6) is -2.32. The van der Waals surface area contributed by atoms with Crippen molar-refractivity contribution in [3.63, 3.8) is 0 Å². The molecule has 2 heterocycles. The third kappa shape index (κ3) is 22.9. The van der Waals surface area contributed by atoms with E-state index in [9.17, 15) is 38.4 Å². The Morgan fingerprint density at radius 1 is 0.738 bits per heavy atom. The number of carbonyl (C=O) groups excluding carboxylic acids is 8. The Kier molecular flexibility index (Phi) is 27.9. The van der Waals surface area contributed by atoms with Crippen molar-refractivity contribution >= 4 is 70.4 Å². The molecule has 2 fully saturated rings. The van der Waals surface area contributed by atoms with E-state index >= 15 is 0 Å². The van der Waals surface area contributed by atoms with Crippen LogP contribution in [0.15, 0.2) is 6.20 Å². The van der Waals surface area contributed by atoms with Crippen molar-refractivity contribution in [3.05, 3.63) is 11.9 Å². The number of hydrogen-bond donors (Lipinski definition) is 5. The number of nitrogens with zero attached hydrogens (tertiary/aromatic N) is 4. The maximum absolute atomic E-state index is 12.8. The Hall–Kier alpha value is -3.88. The molecule has 3 rings (SSSR count). The second-order valence-electron chi connectivity index (χ2n) is 15.2. The molecule has 0 bridgehead atoms. The number of imide groups is 1. The Balaban J connectivity index is 1.05. The van der Waals surface area contributed by atoms with Gasteiger partial charge in [-0.25, -0.2) is 4.68 Å². The molecule has 65 heavy (non-hydrogen) atoms. The lowest BCUT2D eigenvalue weighted by molar-refractivity contribution is -0.139. The van der Waals surface area contributed by atoms with Crippen LogP contribution >= 0.6 is 23.5 Å². The van der Waals surface area contributed by atoms with E-state index in [-0.39, 0.29) is 104 Å². The maximum Gasteiger partial charge on any atom is 0.242 e. The first-order chi connectivity index (χ1) is 31.4. The SMILES string of the molecule is Cc1cn(CCOCCOCCNC(=O)CCSC2CC(=O)N(CCC(=O)NCCCOCCOCCOCCCNC(=O)CCC3C(=O)CC(SC[C@H](N)C(=O)CN)C3=O)C2=O)nn1. The molecule has 1 aromatic heterocycles. The molecule has 1 aliphatic carbocycles. The Morgan fingerprint density at radius 3 is 1.95 bits per heavy atom. The Bertz CT molecular complexity index is 1670. The average molecular weight is 958 g/mol. The molecule has 1 saturated heterocycles. The van der Waals surface area contributed by atoms with Crippen LogP contribution in [0.4, 0.5) is 0 Å². The molecule has 7 N–H and O–H groups in total. The summed E-state index contributed by atoms with van der Waals surface area (Å²) in [6.45, 7) is 7.32. The number of nitrogens with one attached hydrogen (secondary N) is 3. The van der Waals surface area contributed by atoms with Gasteiger partial charge in [0.05, 0.1) is 94.1 Å². The molecule has 1 aromatic rings. The van der Waals surface area contributed by atoms with Gasteiger partial charge in [-0.3, -0.25) is 43.3 Å². The first-order valence-corrected chi connectivity index (χ1v) is 24.2. The zero-order valence-corrected chi connectivity index (χ0v) is 39.0. The highest BCUT2D eigenvalue weighted by molar-refractivity contribution is 8.01. The number of thioether (sulfide) groups is 2. The van der Waals surface area contributed by atoms with Crippen LogP contribution < -0.4 is 27.4 Å². The summed E-state index contributed by atoms with van der Waals surface area (Å²) in [6, 6.07) is -0.779. The lowest BCUT2D eigenvalue weighted by atomic mass is 9.99. The van der Waals surface area contributed by atoms with Gasteiger partial charge in [0, 0.05) is 89.2 Å². The first-order valence-electron chi connectivity index (χ1n) is 22.1. The predicted octanol–water partition coefficient (Wildman–Crippen LogP) is -1.67. The summed E-state index contributed by atoms with van der Waals surface area (Å²) in [6.07, 6.45) is 3.49. The van der Waals surface area contributed by atoms with Gasteiger partial charge in [-0.05, 0) is 26.2 Å². The van der Waals surface area contributed by atoms with E-state index in [0.29, 0.717) is 111 Å². The van der Waals surface area contributed by atoms with Gasteiger partial charge >= 0.3 is 0 Å². The number of aromatic nitrogens is 3. The summed E-state index contributed by atoms with van der Waals surface area (Å²) < 4.78 is 29.2. The number of carbonyl (C=O) groups is 8. The van der Waals surface area contributed by atoms with Gasteiger partial charge < -0.3 is 51.1 Å². The zero-order chi connectivity index (χ0) is 47.2. The van der Waals surface area contributed by atoms with Crippen LogP contribution in [0.25, 0.3) is 0 Å². The summed E-state index contributed by atoms with van der Waals surface area (Å²) in [5.41, 5.74) is 11.9. The number of hydrogen-bond acceptors (Lipinski definition) is 19. The number of ether oxygens (including phenoxy) is 5. The number of rotatable bonds is 38. The summed E-state index contributed by atoms with van der Waals surface area (Å²) >= 11 is 2.45. The minimum atomic E-state index is -0.813. The lowest BCUT2D eigenvalue weighted by Crippen LogP contribution is -2.38. The van der Waals surface area contributed by atoms with Crippen LogP contribution in [0.3, 0.4) is 0 Å². The fourth-order valence-corrected chi connectivity index (χ4v) is 8.73. The van der Waals surface area contributed by atoms with Crippen molar-refractivity contribution < 1.29 is 62.0 Å². The number of aryl methyl sites for hydroxylation is 1. The molecule has 1 saturated carbocycles. The summed E-state index contributed by atoms with van der Waals surface area (Å²) in [4.78, 5) is 99.7. The standard InChI is InChI=1S/C41H67N9O13S2/c1-29-27-49(48-47-29)12-16-62-20-19-61-15-10-46-38(55)7-23-64-35-25-39(56)50(41(35)58)11-6-37(54)45-9-3-14-60-18-22-63-21-17-59-13-2-8-44-36(53)5-4-30-32(51)24-34(40(30)57)65-28-31(43)33(52)26-42/h27,30-31,34-35H,2-26,28,42-43H2,1H3,(H,44,53)(H,45,54)(H,46,55)/t30?,31-,34?,35?/m0/s1. The molecule has 2 aliphatic rings. The van der Waals surface area contributed by atoms with Gasteiger partial charge in [0.15, 0.2) is 11.6 Å².